The van der Waals surface area contributed by atoms with Crippen molar-refractivity contribution in [1.29, 1.82) is 0 Å². The van der Waals surface area contributed by atoms with Gasteiger partial charge in [0.2, 0.25) is 5.78 Å². The topological polar surface area (TPSA) is 189 Å². The number of phenolic OH excluding ortho intramolecular Hbond substituents is 2. The summed E-state index contributed by atoms with van der Waals surface area (Å²) in [5.74, 6) is -2.47. The minimum absolute atomic E-state index is 0.00252. The number of aliphatic hydroxyl groups excluding tert-OH is 2. The quantitative estimate of drug-likeness (QED) is 0.200. The molecule has 2 aromatic rings. The fraction of sp³-hybridized carbons (Fsp3) is 0.429. The van der Waals surface area contributed by atoms with Crippen LogP contribution < -0.4 is 10.5 Å². The molecule has 7 N–H and O–H groups in total. The summed E-state index contributed by atoms with van der Waals surface area (Å²) in [5.41, 5.74) is 3.39. The van der Waals surface area contributed by atoms with Crippen molar-refractivity contribution in [2.45, 2.75) is 62.4 Å². The molecule has 1 aliphatic heterocycles. The van der Waals surface area contributed by atoms with Crippen LogP contribution in [0.15, 0.2) is 30.4 Å². The first-order valence-electron chi connectivity index (χ1n) is 12.6. The van der Waals surface area contributed by atoms with Crippen molar-refractivity contribution in [1.82, 2.24) is 0 Å². The van der Waals surface area contributed by atoms with Crippen molar-refractivity contribution in [2.75, 3.05) is 13.7 Å². The van der Waals surface area contributed by atoms with Crippen LogP contribution in [-0.2, 0) is 15.9 Å². The summed E-state index contributed by atoms with van der Waals surface area (Å²) in [7, 11) is 1.35. The molecule has 3 aliphatic rings. The van der Waals surface area contributed by atoms with E-state index >= 15 is 0 Å². The number of fused-ring (bicyclic) bond motifs is 3. The van der Waals surface area contributed by atoms with Crippen LogP contribution in [0.25, 0.3) is 0 Å². The zero-order chi connectivity index (χ0) is 28.4. The van der Waals surface area contributed by atoms with Crippen molar-refractivity contribution < 1.29 is 49.3 Å². The monoisotopic (exact) mass is 541 g/mol. The summed E-state index contributed by atoms with van der Waals surface area (Å²) in [6, 6.07) is 3.79. The number of carbonyl (C=O) groups excluding carboxylic acids is 2. The first-order chi connectivity index (χ1) is 18.4. The predicted octanol–water partition coefficient (Wildman–Crippen LogP) is 0.988. The normalized spacial score (nSPS) is 29.8. The Bertz CT molecular complexity index is 1380. The molecule has 0 amide bonds. The number of hydrogen-bond donors (Lipinski definition) is 6. The highest BCUT2D eigenvalue weighted by atomic mass is 16.7. The number of hydrogen-bond acceptors (Lipinski definition) is 11. The predicted molar refractivity (Wildman–Crippen MR) is 136 cm³/mol. The van der Waals surface area contributed by atoms with E-state index in [0.29, 0.717) is 0 Å². The summed E-state index contributed by atoms with van der Waals surface area (Å²) in [6.07, 6.45) is -4.23. The summed E-state index contributed by atoms with van der Waals surface area (Å²) in [6.45, 7) is 4.80. The molecule has 0 spiro atoms. The van der Waals surface area contributed by atoms with Crippen molar-refractivity contribution in [3.8, 4) is 17.2 Å². The lowest BCUT2D eigenvalue weighted by molar-refractivity contribution is -0.246. The van der Waals surface area contributed by atoms with Crippen LogP contribution in [0, 0.1) is 0 Å². The zero-order valence-electron chi connectivity index (χ0n) is 21.5. The Morgan fingerprint density at radius 2 is 1.87 bits per heavy atom. The minimum atomic E-state index is -1.80. The molecule has 6 atom stereocenters. The van der Waals surface area contributed by atoms with E-state index < -0.39 is 77.0 Å². The van der Waals surface area contributed by atoms with Crippen LogP contribution in [0.3, 0.4) is 0 Å². The lowest BCUT2D eigenvalue weighted by atomic mass is 9.71. The van der Waals surface area contributed by atoms with Gasteiger partial charge in [0.05, 0.1) is 54.3 Å². The smallest absolute Gasteiger partial charge is 0.202 e. The highest BCUT2D eigenvalue weighted by Gasteiger charge is 2.48. The first kappa shape index (κ1) is 27.3. The Morgan fingerprint density at radius 3 is 2.51 bits per heavy atom. The minimum Gasteiger partial charge on any atom is -0.507 e. The standard InChI is InChI=1S/C28H31NO10/c1-11(10-30)28(36)8-14-20(17(9-28)39-18-7-15(29)23(31)12(2)38-18)27(35)22-21(25(14)33)24(32)13-5-4-6-16(37-3)19(13)26(22)34/h4-6,12,15,17-18,23,30-31,33,35-36H,1,7-10,29H2,2-3H3/t12-,15-,17-,18-,23+,28-/m0/s1. The van der Waals surface area contributed by atoms with E-state index in [0.717, 1.165) is 0 Å². The maximum Gasteiger partial charge on any atom is 0.202 e. The van der Waals surface area contributed by atoms with Crippen molar-refractivity contribution in [3.63, 3.8) is 0 Å². The van der Waals surface area contributed by atoms with Gasteiger partial charge in [0.25, 0.3) is 0 Å². The number of aliphatic hydroxyl groups is 3. The largest absolute Gasteiger partial charge is 0.507 e. The van der Waals surface area contributed by atoms with Gasteiger partial charge in [-0.3, -0.25) is 9.59 Å². The van der Waals surface area contributed by atoms with Crippen LogP contribution in [0.5, 0.6) is 17.2 Å². The fourth-order valence-corrected chi connectivity index (χ4v) is 5.81. The van der Waals surface area contributed by atoms with Crippen LogP contribution in [-0.4, -0.2) is 81.0 Å². The van der Waals surface area contributed by atoms with E-state index in [9.17, 15) is 35.1 Å². The van der Waals surface area contributed by atoms with E-state index in [1.165, 1.54) is 25.3 Å². The number of benzene rings is 2. The van der Waals surface area contributed by atoms with E-state index in [1.807, 2.05) is 0 Å². The van der Waals surface area contributed by atoms with Gasteiger partial charge >= 0.3 is 0 Å². The average Bonchev–Trinajstić information content (AvgIpc) is 2.90. The summed E-state index contributed by atoms with van der Waals surface area (Å²) in [5, 5.41) is 54.4. The van der Waals surface area contributed by atoms with Gasteiger partial charge in [-0.25, -0.2) is 0 Å². The second-order valence-electron chi connectivity index (χ2n) is 10.3. The van der Waals surface area contributed by atoms with Gasteiger partial charge < -0.3 is 45.5 Å². The average molecular weight is 542 g/mol. The number of phenols is 2. The molecular weight excluding hydrogens is 510 g/mol. The lowest BCUT2D eigenvalue weighted by Gasteiger charge is -2.43. The van der Waals surface area contributed by atoms with Gasteiger partial charge in [0.1, 0.15) is 17.2 Å². The molecule has 11 heteroatoms. The Balaban J connectivity index is 1.69. The Kier molecular flexibility index (Phi) is 6.78. The second-order valence-corrected chi connectivity index (χ2v) is 10.3. The van der Waals surface area contributed by atoms with Crippen LogP contribution >= 0.6 is 0 Å². The lowest BCUT2D eigenvalue weighted by Crippen LogP contribution is -2.52. The van der Waals surface area contributed by atoms with E-state index in [1.54, 1.807) is 6.92 Å². The Hall–Kier alpha value is -3.32. The SMILES string of the molecule is C=C(CO)[C@]1(O)Cc2c(O)c3c(c(O)c2[C@@H](O[C@H]2C[C@H](N)[C@H](O)[C@H](C)O2)C1)C(=O)c1c(OC)cccc1C3=O. The number of ether oxygens (including phenoxy) is 3. The molecule has 0 radical (unpaired) electrons. The summed E-state index contributed by atoms with van der Waals surface area (Å²) >= 11 is 0. The van der Waals surface area contributed by atoms with Gasteiger partial charge in [-0.05, 0) is 18.6 Å². The molecule has 1 saturated heterocycles. The van der Waals surface area contributed by atoms with Crippen molar-refractivity contribution in [3.05, 3.63) is 63.7 Å². The van der Waals surface area contributed by atoms with E-state index in [4.69, 9.17) is 19.9 Å². The number of rotatable bonds is 5. The van der Waals surface area contributed by atoms with Gasteiger partial charge in [-0.15, -0.1) is 0 Å². The zero-order valence-corrected chi connectivity index (χ0v) is 21.5. The van der Waals surface area contributed by atoms with Gasteiger partial charge in [0.15, 0.2) is 12.1 Å². The maximum atomic E-state index is 13.7. The van der Waals surface area contributed by atoms with Gasteiger partial charge in [-0.1, -0.05) is 18.7 Å². The first-order valence-corrected chi connectivity index (χ1v) is 12.6. The van der Waals surface area contributed by atoms with Crippen LogP contribution in [0.1, 0.15) is 68.8 Å². The number of methoxy groups -OCH3 is 1. The molecule has 1 fully saturated rings. The molecule has 39 heavy (non-hydrogen) atoms. The molecular formula is C28H31NO10. The van der Waals surface area contributed by atoms with Crippen molar-refractivity contribution >= 4 is 11.6 Å². The highest BCUT2D eigenvalue weighted by Crippen LogP contribution is 2.53. The van der Waals surface area contributed by atoms with Crippen LogP contribution in [0.2, 0.25) is 0 Å². The molecule has 5 rings (SSSR count). The number of nitrogens with two attached hydrogens (primary N) is 1. The van der Waals surface area contributed by atoms with Crippen LogP contribution in [0.4, 0.5) is 0 Å². The van der Waals surface area contributed by atoms with Gasteiger partial charge in [-0.2, -0.15) is 0 Å². The third-order valence-electron chi connectivity index (χ3n) is 7.99. The molecule has 0 saturated carbocycles. The second kappa shape index (κ2) is 9.70. The Morgan fingerprint density at radius 1 is 1.18 bits per heavy atom. The molecule has 2 aliphatic carbocycles. The number of ketones is 2. The Labute approximate surface area is 224 Å². The van der Waals surface area contributed by atoms with E-state index in [2.05, 4.69) is 6.58 Å². The molecule has 0 unspecified atom stereocenters. The third-order valence-corrected chi connectivity index (χ3v) is 7.99. The van der Waals surface area contributed by atoms with Crippen molar-refractivity contribution in [2.24, 2.45) is 5.73 Å². The molecule has 2 aromatic carbocycles. The summed E-state index contributed by atoms with van der Waals surface area (Å²) in [4.78, 5) is 27.2. The molecule has 0 bridgehead atoms. The fourth-order valence-electron chi connectivity index (χ4n) is 5.81. The molecule has 208 valence electrons. The molecule has 11 nitrogen and oxygen atoms in total. The highest BCUT2D eigenvalue weighted by molar-refractivity contribution is 6.31. The third kappa shape index (κ3) is 4.13. The van der Waals surface area contributed by atoms with Gasteiger partial charge in [0, 0.05) is 42.0 Å². The number of aromatic hydroxyl groups is 2. The summed E-state index contributed by atoms with van der Waals surface area (Å²) < 4.78 is 17.2. The maximum absolute atomic E-state index is 13.7. The number of carbonyl (C=O) groups is 2. The molecule has 1 heterocycles. The van der Waals surface area contributed by atoms with E-state index in [-0.39, 0.29) is 52.8 Å². The molecule has 0 aromatic heterocycles.